The first-order chi connectivity index (χ1) is 9.09. The summed E-state index contributed by atoms with van der Waals surface area (Å²) in [6, 6.07) is 2.00. The van der Waals surface area contributed by atoms with E-state index in [4.69, 9.17) is 11.6 Å². The average molecular weight is 301 g/mol. The van der Waals surface area contributed by atoms with Gasteiger partial charge in [0.1, 0.15) is 4.88 Å². The molecule has 106 valence electrons. The molecule has 0 aliphatic carbocycles. The first kappa shape index (κ1) is 14.8. The van der Waals surface area contributed by atoms with Crippen molar-refractivity contribution in [3.05, 3.63) is 21.3 Å². The van der Waals surface area contributed by atoms with E-state index in [1.807, 2.05) is 10.3 Å². The number of amides is 1. The van der Waals surface area contributed by atoms with E-state index in [-0.39, 0.29) is 11.9 Å². The molecular weight excluding hydrogens is 280 g/mol. The Labute approximate surface area is 123 Å². The van der Waals surface area contributed by atoms with Gasteiger partial charge >= 0.3 is 0 Å². The Hall–Kier alpha value is -0.580. The zero-order chi connectivity index (χ0) is 13.8. The summed E-state index contributed by atoms with van der Waals surface area (Å²) in [6.07, 6.45) is 2.29. The lowest BCUT2D eigenvalue weighted by Crippen LogP contribution is -2.42. The van der Waals surface area contributed by atoms with Crippen molar-refractivity contribution in [1.82, 2.24) is 10.2 Å². The largest absolute Gasteiger partial charge is 0.335 e. The van der Waals surface area contributed by atoms with E-state index in [1.165, 1.54) is 11.3 Å². The van der Waals surface area contributed by atoms with Gasteiger partial charge in [-0.3, -0.25) is 4.79 Å². The summed E-state index contributed by atoms with van der Waals surface area (Å²) < 4.78 is 0. The number of hydrogen-bond donors (Lipinski definition) is 1. The molecule has 1 aliphatic heterocycles. The molecule has 2 rings (SSSR count). The number of carbonyl (C=O) groups excluding carboxylic acids is 1. The van der Waals surface area contributed by atoms with Crippen LogP contribution in [0, 0.1) is 5.92 Å². The van der Waals surface area contributed by atoms with Crippen molar-refractivity contribution in [3.63, 3.8) is 0 Å². The van der Waals surface area contributed by atoms with Crippen molar-refractivity contribution in [1.29, 1.82) is 0 Å². The van der Waals surface area contributed by atoms with Gasteiger partial charge < -0.3 is 10.2 Å². The lowest BCUT2D eigenvalue weighted by molar-refractivity contribution is 0.0663. The molecular formula is C14H21ClN2OS. The summed E-state index contributed by atoms with van der Waals surface area (Å²) in [5, 5.41) is 5.81. The summed E-state index contributed by atoms with van der Waals surface area (Å²) >= 11 is 7.51. The maximum atomic E-state index is 12.6. The van der Waals surface area contributed by atoms with Gasteiger partial charge in [0.2, 0.25) is 0 Å². The zero-order valence-electron chi connectivity index (χ0n) is 11.5. The quantitative estimate of drug-likeness (QED) is 0.926. The molecule has 1 N–H and O–H groups in total. The molecule has 0 aromatic carbocycles. The highest BCUT2D eigenvalue weighted by atomic mass is 35.5. The van der Waals surface area contributed by atoms with Crippen LogP contribution in [0.5, 0.6) is 0 Å². The van der Waals surface area contributed by atoms with Gasteiger partial charge in [-0.2, -0.15) is 0 Å². The Morgan fingerprint density at radius 3 is 2.74 bits per heavy atom. The first-order valence-corrected chi connectivity index (χ1v) is 8.10. The topological polar surface area (TPSA) is 32.3 Å². The summed E-state index contributed by atoms with van der Waals surface area (Å²) in [5.74, 6) is 0.680. The van der Waals surface area contributed by atoms with Crippen molar-refractivity contribution in [3.8, 4) is 0 Å². The van der Waals surface area contributed by atoms with Gasteiger partial charge in [0, 0.05) is 12.6 Å². The first-order valence-electron chi connectivity index (χ1n) is 6.84. The predicted octanol–water partition coefficient (Wildman–Crippen LogP) is 3.25. The van der Waals surface area contributed by atoms with E-state index >= 15 is 0 Å². The number of hydrogen-bond acceptors (Lipinski definition) is 3. The molecule has 1 aliphatic rings. The van der Waals surface area contributed by atoms with Crippen LogP contribution in [-0.4, -0.2) is 36.5 Å². The molecule has 1 fully saturated rings. The molecule has 5 heteroatoms. The van der Waals surface area contributed by atoms with Crippen LogP contribution < -0.4 is 5.32 Å². The second-order valence-electron chi connectivity index (χ2n) is 5.34. The van der Waals surface area contributed by atoms with Crippen molar-refractivity contribution < 1.29 is 4.79 Å². The van der Waals surface area contributed by atoms with Crippen LogP contribution in [0.3, 0.4) is 0 Å². The minimum Gasteiger partial charge on any atom is -0.335 e. The summed E-state index contributed by atoms with van der Waals surface area (Å²) in [6.45, 7) is 7.10. The van der Waals surface area contributed by atoms with Crippen molar-refractivity contribution in [2.24, 2.45) is 5.92 Å². The standard InChI is InChI=1S/C14H21ClN2OS/c1-10(2)17(9-11-3-6-16-7-4-11)14(18)13-12(15)5-8-19-13/h5,8,10-11,16H,3-4,6-7,9H2,1-2H3. The fourth-order valence-corrected chi connectivity index (χ4v) is 3.54. The zero-order valence-corrected chi connectivity index (χ0v) is 13.1. The highest BCUT2D eigenvalue weighted by molar-refractivity contribution is 7.12. The third kappa shape index (κ3) is 3.71. The fourth-order valence-electron chi connectivity index (χ4n) is 2.45. The van der Waals surface area contributed by atoms with Crippen LogP contribution in [0.15, 0.2) is 11.4 Å². The number of nitrogens with one attached hydrogen (secondary N) is 1. The second-order valence-corrected chi connectivity index (χ2v) is 6.67. The van der Waals surface area contributed by atoms with Gasteiger partial charge in [-0.1, -0.05) is 11.6 Å². The predicted molar refractivity (Wildman–Crippen MR) is 81.1 cm³/mol. The molecule has 3 nitrogen and oxygen atoms in total. The molecule has 0 unspecified atom stereocenters. The van der Waals surface area contributed by atoms with Crippen LogP contribution in [0.1, 0.15) is 36.4 Å². The van der Waals surface area contributed by atoms with E-state index in [9.17, 15) is 4.79 Å². The lowest BCUT2D eigenvalue weighted by Gasteiger charge is -2.32. The van der Waals surface area contributed by atoms with Crippen LogP contribution in [0.4, 0.5) is 0 Å². The molecule has 0 radical (unpaired) electrons. The molecule has 0 atom stereocenters. The Morgan fingerprint density at radius 1 is 1.53 bits per heavy atom. The number of piperidine rings is 1. The Balaban J connectivity index is 2.07. The van der Waals surface area contributed by atoms with Crippen molar-refractivity contribution >= 4 is 28.8 Å². The molecule has 19 heavy (non-hydrogen) atoms. The second kappa shape index (κ2) is 6.73. The summed E-state index contributed by atoms with van der Waals surface area (Å²) in [5.41, 5.74) is 0. The van der Waals surface area contributed by atoms with Gasteiger partial charge in [0.05, 0.1) is 5.02 Å². The Morgan fingerprint density at radius 2 is 2.21 bits per heavy atom. The van der Waals surface area contributed by atoms with Crippen LogP contribution >= 0.6 is 22.9 Å². The number of halogens is 1. The van der Waals surface area contributed by atoms with Crippen LogP contribution in [0.25, 0.3) is 0 Å². The Kier molecular flexibility index (Phi) is 5.25. The molecule has 1 aromatic rings. The average Bonchev–Trinajstić information content (AvgIpc) is 2.82. The minimum atomic E-state index is 0.0773. The van der Waals surface area contributed by atoms with E-state index in [0.717, 1.165) is 32.5 Å². The normalized spacial score (nSPS) is 16.8. The maximum Gasteiger partial charge on any atom is 0.265 e. The fraction of sp³-hybridized carbons (Fsp3) is 0.643. The Bertz CT molecular complexity index is 427. The smallest absolute Gasteiger partial charge is 0.265 e. The number of nitrogens with zero attached hydrogens (tertiary/aromatic N) is 1. The molecule has 1 aromatic heterocycles. The molecule has 2 heterocycles. The van der Waals surface area contributed by atoms with E-state index in [1.54, 1.807) is 6.07 Å². The summed E-state index contributed by atoms with van der Waals surface area (Å²) in [7, 11) is 0. The van der Waals surface area contributed by atoms with Gasteiger partial charge in [0.25, 0.3) is 5.91 Å². The molecule has 0 bridgehead atoms. The van der Waals surface area contributed by atoms with E-state index < -0.39 is 0 Å². The SMILES string of the molecule is CC(C)N(CC1CCNCC1)C(=O)c1sccc1Cl. The monoisotopic (exact) mass is 300 g/mol. The van der Waals surface area contributed by atoms with Crippen LogP contribution in [0.2, 0.25) is 5.02 Å². The minimum absolute atomic E-state index is 0.0773. The van der Waals surface area contributed by atoms with Gasteiger partial charge in [0.15, 0.2) is 0 Å². The number of rotatable bonds is 4. The highest BCUT2D eigenvalue weighted by Gasteiger charge is 2.25. The van der Waals surface area contributed by atoms with Crippen molar-refractivity contribution in [2.45, 2.75) is 32.7 Å². The van der Waals surface area contributed by atoms with Gasteiger partial charge in [-0.15, -0.1) is 11.3 Å². The number of carbonyl (C=O) groups is 1. The maximum absolute atomic E-state index is 12.6. The van der Waals surface area contributed by atoms with E-state index in [0.29, 0.717) is 15.8 Å². The molecule has 1 amide bonds. The summed E-state index contributed by atoms with van der Waals surface area (Å²) in [4.78, 5) is 15.2. The number of thiophene rings is 1. The highest BCUT2D eigenvalue weighted by Crippen LogP contribution is 2.25. The third-order valence-corrected chi connectivity index (χ3v) is 4.94. The molecule has 1 saturated heterocycles. The molecule has 0 saturated carbocycles. The molecule has 0 spiro atoms. The van der Waals surface area contributed by atoms with Crippen LogP contribution in [-0.2, 0) is 0 Å². The lowest BCUT2D eigenvalue weighted by atomic mass is 9.97. The van der Waals surface area contributed by atoms with Crippen molar-refractivity contribution in [2.75, 3.05) is 19.6 Å². The van der Waals surface area contributed by atoms with Gasteiger partial charge in [-0.05, 0) is 57.1 Å². The van der Waals surface area contributed by atoms with E-state index in [2.05, 4.69) is 19.2 Å². The van der Waals surface area contributed by atoms with Gasteiger partial charge in [-0.25, -0.2) is 0 Å². The third-order valence-electron chi connectivity index (χ3n) is 3.61.